The predicted octanol–water partition coefficient (Wildman–Crippen LogP) is 2.26. The van der Waals surface area contributed by atoms with Crippen LogP contribution < -0.4 is 5.32 Å². The summed E-state index contributed by atoms with van der Waals surface area (Å²) in [5.41, 5.74) is 3.80. The third-order valence-electron chi connectivity index (χ3n) is 3.39. The predicted molar refractivity (Wildman–Crippen MR) is 75.6 cm³/mol. The molecule has 1 N–H and O–H groups in total. The summed E-state index contributed by atoms with van der Waals surface area (Å²) >= 11 is 0. The summed E-state index contributed by atoms with van der Waals surface area (Å²) < 4.78 is 1.83. The van der Waals surface area contributed by atoms with Crippen LogP contribution in [-0.4, -0.2) is 19.7 Å². The number of nitrogens with zero attached hydrogens (tertiary/aromatic N) is 4. The van der Waals surface area contributed by atoms with Gasteiger partial charge < -0.3 is 5.32 Å². The molecule has 0 aliphatic carbocycles. The number of aryl methyl sites for hydroxylation is 3. The lowest BCUT2D eigenvalue weighted by molar-refractivity contribution is -0.385. The van der Waals surface area contributed by atoms with Crippen molar-refractivity contribution in [2.75, 3.05) is 5.32 Å². The van der Waals surface area contributed by atoms with Gasteiger partial charge in [-0.3, -0.25) is 14.8 Å². The van der Waals surface area contributed by atoms with Gasteiger partial charge in [-0.1, -0.05) is 0 Å². The second-order valence-corrected chi connectivity index (χ2v) is 4.74. The maximum Gasteiger partial charge on any atom is 0.290 e. The molecule has 0 saturated heterocycles. The smallest absolute Gasteiger partial charge is 0.290 e. The van der Waals surface area contributed by atoms with Gasteiger partial charge in [0.05, 0.1) is 10.6 Å². The highest BCUT2D eigenvalue weighted by atomic mass is 16.6. The van der Waals surface area contributed by atoms with E-state index < -0.39 is 4.92 Å². The first-order valence-corrected chi connectivity index (χ1v) is 6.24. The molecule has 0 radical (unpaired) electrons. The average Bonchev–Trinajstić information content (AvgIpc) is 2.61. The molecule has 7 heteroatoms. The van der Waals surface area contributed by atoms with Crippen molar-refractivity contribution in [3.8, 4) is 0 Å². The summed E-state index contributed by atoms with van der Waals surface area (Å²) in [5, 5.41) is 18.3. The molecule has 0 aromatic carbocycles. The Morgan fingerprint density at radius 3 is 2.60 bits per heavy atom. The Morgan fingerprint density at radius 2 is 2.10 bits per heavy atom. The molecule has 0 aliphatic heterocycles. The lowest BCUT2D eigenvalue weighted by Crippen LogP contribution is -2.04. The van der Waals surface area contributed by atoms with Gasteiger partial charge in [0.25, 0.3) is 5.69 Å². The lowest BCUT2D eigenvalue weighted by atomic mass is 10.2. The van der Waals surface area contributed by atoms with E-state index in [1.54, 1.807) is 13.0 Å². The van der Waals surface area contributed by atoms with E-state index in [4.69, 9.17) is 0 Å². The summed E-state index contributed by atoms with van der Waals surface area (Å²) in [6, 6.07) is 1.68. The van der Waals surface area contributed by atoms with E-state index in [2.05, 4.69) is 15.4 Å². The number of rotatable bonds is 4. The van der Waals surface area contributed by atoms with Crippen molar-refractivity contribution < 1.29 is 4.92 Å². The van der Waals surface area contributed by atoms with E-state index in [0.717, 1.165) is 17.0 Å². The molecule has 106 valence electrons. The molecule has 0 aliphatic rings. The van der Waals surface area contributed by atoms with E-state index in [1.807, 2.05) is 25.6 Å². The highest BCUT2D eigenvalue weighted by molar-refractivity contribution is 5.47. The van der Waals surface area contributed by atoms with E-state index in [9.17, 15) is 10.1 Å². The van der Waals surface area contributed by atoms with Gasteiger partial charge >= 0.3 is 0 Å². The molecule has 0 bridgehead atoms. The molecule has 0 atom stereocenters. The summed E-state index contributed by atoms with van der Waals surface area (Å²) in [4.78, 5) is 14.4. The fourth-order valence-corrected chi connectivity index (χ4v) is 2.09. The molecular formula is C13H17N5O2. The zero-order chi connectivity index (χ0) is 14.9. The largest absolute Gasteiger partial charge is 0.366 e. The maximum absolute atomic E-state index is 10.7. The van der Waals surface area contributed by atoms with Crippen LogP contribution in [0.4, 0.5) is 11.5 Å². The fourth-order valence-electron chi connectivity index (χ4n) is 2.09. The van der Waals surface area contributed by atoms with Crippen LogP contribution in [0.25, 0.3) is 0 Å². The third-order valence-corrected chi connectivity index (χ3v) is 3.39. The van der Waals surface area contributed by atoms with Gasteiger partial charge in [0.15, 0.2) is 0 Å². The molecule has 20 heavy (non-hydrogen) atoms. The molecule has 0 saturated carbocycles. The van der Waals surface area contributed by atoms with Crippen molar-refractivity contribution in [1.82, 2.24) is 14.8 Å². The van der Waals surface area contributed by atoms with Gasteiger partial charge in [0.1, 0.15) is 12.0 Å². The number of anilines is 1. The number of hydrogen-bond acceptors (Lipinski definition) is 5. The van der Waals surface area contributed by atoms with E-state index in [1.165, 1.54) is 6.20 Å². The van der Waals surface area contributed by atoms with Crippen LogP contribution in [0.15, 0.2) is 12.3 Å². The minimum absolute atomic E-state index is 0.0317. The van der Waals surface area contributed by atoms with Gasteiger partial charge in [0, 0.05) is 30.4 Å². The van der Waals surface area contributed by atoms with Crippen LogP contribution in [0.2, 0.25) is 0 Å². The lowest BCUT2D eigenvalue weighted by Gasteiger charge is -2.07. The summed E-state index contributed by atoms with van der Waals surface area (Å²) in [6.45, 7) is 6.26. The molecule has 0 amide bonds. The first-order chi connectivity index (χ1) is 9.40. The zero-order valence-corrected chi connectivity index (χ0v) is 12.0. The molecule has 7 nitrogen and oxygen atoms in total. The van der Waals surface area contributed by atoms with E-state index in [0.29, 0.717) is 17.9 Å². The number of pyridine rings is 1. The minimum atomic E-state index is -0.429. The normalized spacial score (nSPS) is 10.6. The molecule has 0 spiro atoms. The van der Waals surface area contributed by atoms with Crippen LogP contribution in [0, 0.1) is 30.9 Å². The van der Waals surface area contributed by atoms with Gasteiger partial charge in [-0.05, 0) is 26.8 Å². The third kappa shape index (κ3) is 2.61. The van der Waals surface area contributed by atoms with E-state index >= 15 is 0 Å². The first kappa shape index (κ1) is 14.0. The quantitative estimate of drug-likeness (QED) is 0.683. The van der Waals surface area contributed by atoms with Gasteiger partial charge in [-0.2, -0.15) is 5.10 Å². The Bertz CT molecular complexity index is 663. The summed E-state index contributed by atoms with van der Waals surface area (Å²) in [5.74, 6) is 0.621. The SMILES string of the molecule is Cc1cc(NCc2c(C)nn(C)c2C)ncc1[N+](=O)[O-]. The highest BCUT2D eigenvalue weighted by Crippen LogP contribution is 2.20. The number of nitro groups is 1. The van der Waals surface area contributed by atoms with Crippen LogP contribution in [0.5, 0.6) is 0 Å². The van der Waals surface area contributed by atoms with Crippen LogP contribution in [0.3, 0.4) is 0 Å². The van der Waals surface area contributed by atoms with Gasteiger partial charge in [0.2, 0.25) is 0 Å². The zero-order valence-electron chi connectivity index (χ0n) is 12.0. The van der Waals surface area contributed by atoms with Gasteiger partial charge in [-0.25, -0.2) is 4.98 Å². The second-order valence-electron chi connectivity index (χ2n) is 4.74. The summed E-state index contributed by atoms with van der Waals surface area (Å²) in [7, 11) is 1.90. The fraction of sp³-hybridized carbons (Fsp3) is 0.385. The van der Waals surface area contributed by atoms with Crippen molar-refractivity contribution in [1.29, 1.82) is 0 Å². The minimum Gasteiger partial charge on any atom is -0.366 e. The topological polar surface area (TPSA) is 85.9 Å². The van der Waals surface area contributed by atoms with Crippen molar-refractivity contribution in [2.45, 2.75) is 27.3 Å². The Labute approximate surface area is 116 Å². The van der Waals surface area contributed by atoms with E-state index in [-0.39, 0.29) is 5.69 Å². The van der Waals surface area contributed by atoms with Crippen molar-refractivity contribution in [2.24, 2.45) is 7.05 Å². The Hall–Kier alpha value is -2.44. The number of hydrogen-bond donors (Lipinski definition) is 1. The van der Waals surface area contributed by atoms with Crippen molar-refractivity contribution in [3.63, 3.8) is 0 Å². The number of nitrogens with one attached hydrogen (secondary N) is 1. The maximum atomic E-state index is 10.7. The van der Waals surface area contributed by atoms with Gasteiger partial charge in [-0.15, -0.1) is 0 Å². The van der Waals surface area contributed by atoms with Crippen molar-refractivity contribution in [3.05, 3.63) is 44.9 Å². The molecule has 0 fully saturated rings. The first-order valence-electron chi connectivity index (χ1n) is 6.24. The van der Waals surface area contributed by atoms with Crippen LogP contribution >= 0.6 is 0 Å². The van der Waals surface area contributed by atoms with Crippen LogP contribution in [0.1, 0.15) is 22.5 Å². The monoisotopic (exact) mass is 275 g/mol. The Morgan fingerprint density at radius 1 is 1.40 bits per heavy atom. The standard InChI is InChI=1S/C13H17N5O2/c1-8-5-13(15-7-12(8)18(19)20)14-6-11-9(2)16-17(4)10(11)3/h5,7H,6H2,1-4H3,(H,14,15). The van der Waals surface area contributed by atoms with Crippen LogP contribution in [-0.2, 0) is 13.6 Å². The average molecular weight is 275 g/mol. The van der Waals surface area contributed by atoms with Crippen molar-refractivity contribution >= 4 is 11.5 Å². The molecular weight excluding hydrogens is 258 g/mol. The molecule has 2 aromatic heterocycles. The molecule has 2 aromatic rings. The molecule has 2 rings (SSSR count). The highest BCUT2D eigenvalue weighted by Gasteiger charge is 2.13. The molecule has 2 heterocycles. The number of aromatic nitrogens is 3. The second kappa shape index (κ2) is 5.28. The molecule has 0 unspecified atom stereocenters. The Kier molecular flexibility index (Phi) is 3.69. The Balaban J connectivity index is 2.15. The summed E-state index contributed by atoms with van der Waals surface area (Å²) in [6.07, 6.45) is 1.28.